The topological polar surface area (TPSA) is 41.6 Å². The average molecular weight is 292 g/mol. The summed E-state index contributed by atoms with van der Waals surface area (Å²) in [6.07, 6.45) is -2.33. The second-order valence-electron chi connectivity index (χ2n) is 5.30. The van der Waals surface area contributed by atoms with E-state index in [1.54, 1.807) is 13.2 Å². The summed E-state index contributed by atoms with van der Waals surface area (Å²) in [6, 6.07) is 0. The Hall–Kier alpha value is -1.08. The maximum atomic E-state index is 13.3. The molecular weight excluding hydrogens is 273 g/mol. The number of hydrogen-bond acceptors (Lipinski definition) is 3. The Morgan fingerprint density at radius 2 is 2.30 bits per heavy atom. The normalized spacial score (nSPS) is 27.6. The van der Waals surface area contributed by atoms with Crippen LogP contribution in [0.15, 0.2) is 11.6 Å². The Bertz CT molecular complexity index is 401. The van der Waals surface area contributed by atoms with Crippen molar-refractivity contribution in [1.29, 1.82) is 0 Å². The fourth-order valence-corrected chi connectivity index (χ4v) is 2.75. The second kappa shape index (κ2) is 5.73. The van der Waals surface area contributed by atoms with Gasteiger partial charge < -0.3 is 15.0 Å². The van der Waals surface area contributed by atoms with E-state index in [1.807, 2.05) is 0 Å². The lowest BCUT2D eigenvalue weighted by molar-refractivity contribution is -0.221. The maximum Gasteiger partial charge on any atom is 0.404 e. The van der Waals surface area contributed by atoms with Crippen molar-refractivity contribution in [3.05, 3.63) is 11.6 Å². The summed E-state index contributed by atoms with van der Waals surface area (Å²) in [5, 5.41) is 2.67. The maximum absolute atomic E-state index is 13.3. The third-order valence-corrected chi connectivity index (χ3v) is 4.03. The molecule has 1 N–H and O–H groups in total. The smallest absolute Gasteiger partial charge is 0.380 e. The number of nitrogens with one attached hydrogen (secondary N) is 1. The van der Waals surface area contributed by atoms with Crippen LogP contribution in [0.1, 0.15) is 12.8 Å². The zero-order valence-corrected chi connectivity index (χ0v) is 11.4. The first kappa shape index (κ1) is 15.3. The molecule has 0 aliphatic carbocycles. The fourth-order valence-electron chi connectivity index (χ4n) is 2.75. The van der Waals surface area contributed by atoms with Crippen LogP contribution in [0.2, 0.25) is 0 Å². The largest absolute Gasteiger partial charge is 0.404 e. The molecule has 1 amide bonds. The van der Waals surface area contributed by atoms with Crippen molar-refractivity contribution >= 4 is 5.91 Å². The highest BCUT2D eigenvalue weighted by Gasteiger charge is 2.62. The molecule has 2 rings (SSSR count). The van der Waals surface area contributed by atoms with Gasteiger partial charge in [0.25, 0.3) is 0 Å². The van der Waals surface area contributed by atoms with Crippen molar-refractivity contribution in [2.45, 2.75) is 19.0 Å². The summed E-state index contributed by atoms with van der Waals surface area (Å²) >= 11 is 0. The number of alkyl halides is 3. The molecule has 0 radical (unpaired) electrons. The van der Waals surface area contributed by atoms with Crippen LogP contribution in [0.3, 0.4) is 0 Å². The van der Waals surface area contributed by atoms with Crippen molar-refractivity contribution in [1.82, 2.24) is 10.2 Å². The lowest BCUT2D eigenvalue weighted by Crippen LogP contribution is -2.54. The number of ether oxygens (including phenoxy) is 1. The molecular formula is C13H19F3N2O2. The van der Waals surface area contributed by atoms with Gasteiger partial charge in [0, 0.05) is 26.7 Å². The van der Waals surface area contributed by atoms with E-state index < -0.39 is 17.5 Å². The van der Waals surface area contributed by atoms with Gasteiger partial charge in [0.05, 0.1) is 6.61 Å². The van der Waals surface area contributed by atoms with Gasteiger partial charge in [-0.05, 0) is 25.0 Å². The first-order valence-electron chi connectivity index (χ1n) is 6.64. The Morgan fingerprint density at radius 1 is 1.55 bits per heavy atom. The molecule has 4 nitrogen and oxygen atoms in total. The van der Waals surface area contributed by atoms with Crippen molar-refractivity contribution in [2.75, 3.05) is 39.9 Å². The minimum atomic E-state index is -4.51. The lowest BCUT2D eigenvalue weighted by atomic mass is 9.84. The standard InChI is InChI=1S/C13H19F3N2O2/c1-20-8-10-2-6-18(7-3-10)11(19)12(13(14,15)16)4-5-17-9-12/h2,17H,3-9H2,1H3. The molecule has 2 aliphatic rings. The van der Waals surface area contributed by atoms with E-state index in [9.17, 15) is 18.0 Å². The van der Waals surface area contributed by atoms with Crippen LogP contribution in [-0.2, 0) is 9.53 Å². The average Bonchev–Trinajstić information content (AvgIpc) is 2.89. The van der Waals surface area contributed by atoms with Crippen LogP contribution in [0.25, 0.3) is 0 Å². The number of amides is 1. The minimum Gasteiger partial charge on any atom is -0.380 e. The predicted octanol–water partition coefficient (Wildman–Crippen LogP) is 1.33. The van der Waals surface area contributed by atoms with Crippen LogP contribution in [0.5, 0.6) is 0 Å². The molecule has 1 atom stereocenters. The van der Waals surface area contributed by atoms with E-state index >= 15 is 0 Å². The number of halogens is 3. The highest BCUT2D eigenvalue weighted by molar-refractivity contribution is 5.84. The second-order valence-corrected chi connectivity index (χ2v) is 5.30. The number of carbonyl (C=O) groups is 1. The molecule has 7 heteroatoms. The summed E-state index contributed by atoms with van der Waals surface area (Å²) in [4.78, 5) is 13.6. The van der Waals surface area contributed by atoms with Crippen LogP contribution < -0.4 is 5.32 Å². The molecule has 1 unspecified atom stereocenters. The van der Waals surface area contributed by atoms with Crippen LogP contribution in [0.4, 0.5) is 13.2 Å². The van der Waals surface area contributed by atoms with Gasteiger partial charge in [0.1, 0.15) is 0 Å². The van der Waals surface area contributed by atoms with E-state index in [-0.39, 0.29) is 26.1 Å². The molecule has 2 heterocycles. The van der Waals surface area contributed by atoms with Crippen LogP contribution >= 0.6 is 0 Å². The van der Waals surface area contributed by atoms with E-state index in [2.05, 4.69) is 5.32 Å². The summed E-state index contributed by atoms with van der Waals surface area (Å²) in [5.74, 6) is -0.803. The van der Waals surface area contributed by atoms with Gasteiger partial charge in [-0.2, -0.15) is 13.2 Å². The quantitative estimate of drug-likeness (QED) is 0.798. The third-order valence-electron chi connectivity index (χ3n) is 4.03. The molecule has 20 heavy (non-hydrogen) atoms. The molecule has 0 bridgehead atoms. The Labute approximate surface area is 115 Å². The van der Waals surface area contributed by atoms with Crippen LogP contribution in [-0.4, -0.2) is 56.9 Å². The van der Waals surface area contributed by atoms with Gasteiger partial charge in [-0.1, -0.05) is 6.08 Å². The molecule has 0 aromatic rings. The van der Waals surface area contributed by atoms with E-state index in [0.29, 0.717) is 19.6 Å². The molecule has 1 saturated heterocycles. The zero-order chi connectivity index (χ0) is 14.8. The van der Waals surface area contributed by atoms with E-state index in [4.69, 9.17) is 4.74 Å². The van der Waals surface area contributed by atoms with Gasteiger partial charge in [-0.3, -0.25) is 4.79 Å². The van der Waals surface area contributed by atoms with Gasteiger partial charge in [0.15, 0.2) is 5.41 Å². The molecule has 0 spiro atoms. The molecule has 2 aliphatic heterocycles. The van der Waals surface area contributed by atoms with Gasteiger partial charge in [-0.15, -0.1) is 0 Å². The Morgan fingerprint density at radius 3 is 2.75 bits per heavy atom. The summed E-state index contributed by atoms with van der Waals surface area (Å²) < 4.78 is 44.9. The van der Waals surface area contributed by atoms with Gasteiger partial charge in [-0.25, -0.2) is 0 Å². The SMILES string of the molecule is COCC1=CCN(C(=O)C2(C(F)(F)F)CCNC2)CC1. The zero-order valence-electron chi connectivity index (χ0n) is 11.4. The fraction of sp³-hybridized carbons (Fsp3) is 0.769. The number of hydrogen-bond donors (Lipinski definition) is 1. The molecule has 0 aromatic heterocycles. The van der Waals surface area contributed by atoms with Crippen molar-refractivity contribution in [3.8, 4) is 0 Å². The van der Waals surface area contributed by atoms with Gasteiger partial charge >= 0.3 is 6.18 Å². The first-order valence-corrected chi connectivity index (χ1v) is 6.64. The summed E-state index contributed by atoms with van der Waals surface area (Å²) in [6.45, 7) is 0.930. The summed E-state index contributed by atoms with van der Waals surface area (Å²) in [5.41, 5.74) is -1.22. The molecule has 0 aromatic carbocycles. The Balaban J connectivity index is 2.11. The third kappa shape index (κ3) is 2.69. The predicted molar refractivity (Wildman–Crippen MR) is 67.1 cm³/mol. The highest BCUT2D eigenvalue weighted by Crippen LogP contribution is 2.44. The van der Waals surface area contributed by atoms with Crippen molar-refractivity contribution in [3.63, 3.8) is 0 Å². The Kier molecular flexibility index (Phi) is 4.39. The molecule has 0 saturated carbocycles. The van der Waals surface area contributed by atoms with Crippen LogP contribution in [0, 0.1) is 5.41 Å². The molecule has 1 fully saturated rings. The number of rotatable bonds is 3. The first-order chi connectivity index (χ1) is 9.40. The van der Waals surface area contributed by atoms with E-state index in [0.717, 1.165) is 5.57 Å². The minimum absolute atomic E-state index is 0.180. The van der Waals surface area contributed by atoms with Crippen molar-refractivity contribution in [2.24, 2.45) is 5.41 Å². The number of methoxy groups -OCH3 is 1. The summed E-state index contributed by atoms with van der Waals surface area (Å²) in [7, 11) is 1.57. The van der Waals surface area contributed by atoms with Crippen molar-refractivity contribution < 1.29 is 22.7 Å². The van der Waals surface area contributed by atoms with Gasteiger partial charge in [0.2, 0.25) is 5.91 Å². The van der Waals surface area contributed by atoms with E-state index in [1.165, 1.54) is 4.90 Å². The lowest BCUT2D eigenvalue weighted by Gasteiger charge is -2.36. The molecule has 114 valence electrons. The number of carbonyl (C=O) groups excluding carboxylic acids is 1. The number of nitrogens with zero attached hydrogens (tertiary/aromatic N) is 1. The highest BCUT2D eigenvalue weighted by atomic mass is 19.4. The monoisotopic (exact) mass is 292 g/mol.